The van der Waals surface area contributed by atoms with Crippen LogP contribution in [0.4, 0.5) is 0 Å². The molecule has 3 aromatic rings. The summed E-state index contributed by atoms with van der Waals surface area (Å²) in [5, 5.41) is 0.786. The van der Waals surface area contributed by atoms with Crippen molar-refractivity contribution in [2.75, 3.05) is 13.1 Å². The summed E-state index contributed by atoms with van der Waals surface area (Å²) < 4.78 is 1.58. The van der Waals surface area contributed by atoms with Crippen molar-refractivity contribution in [2.24, 2.45) is 0 Å². The molecule has 0 aliphatic carbocycles. The molecule has 0 N–H and O–H groups in total. The van der Waals surface area contributed by atoms with Crippen molar-refractivity contribution in [3.05, 3.63) is 76.2 Å². The Morgan fingerprint density at radius 2 is 1.80 bits per heavy atom. The largest absolute Gasteiger partial charge is 0.339 e. The fourth-order valence-electron chi connectivity index (χ4n) is 2.95. The molecule has 0 fully saturated rings. The van der Waals surface area contributed by atoms with Gasteiger partial charge in [-0.15, -0.1) is 0 Å². The summed E-state index contributed by atoms with van der Waals surface area (Å²) in [4.78, 5) is 31.8. The normalized spacial score (nSPS) is 10.8. The molecule has 0 radical (unpaired) electrons. The summed E-state index contributed by atoms with van der Waals surface area (Å²) in [5.41, 5.74) is 1.48. The highest BCUT2D eigenvalue weighted by molar-refractivity contribution is 5.96. The second-order valence-electron chi connectivity index (χ2n) is 5.83. The number of hydrogen-bond donors (Lipinski definition) is 0. The lowest BCUT2D eigenvalue weighted by atomic mass is 10.1. The molecule has 0 spiro atoms. The fraction of sp³-hybridized carbons (Fsp3) is 0.250. The first-order valence-electron chi connectivity index (χ1n) is 8.47. The Balaban J connectivity index is 2.19. The lowest BCUT2D eigenvalue weighted by Gasteiger charge is -2.19. The van der Waals surface area contributed by atoms with Gasteiger partial charge in [-0.1, -0.05) is 30.3 Å². The van der Waals surface area contributed by atoms with Gasteiger partial charge in [-0.2, -0.15) is 0 Å². The first kappa shape index (κ1) is 16.9. The van der Waals surface area contributed by atoms with Crippen molar-refractivity contribution in [1.82, 2.24) is 14.5 Å². The third kappa shape index (κ3) is 3.31. The fourth-order valence-corrected chi connectivity index (χ4v) is 2.95. The number of pyridine rings is 2. The molecular weight excluding hydrogens is 314 g/mol. The molecule has 0 aliphatic rings. The Bertz CT molecular complexity index is 944. The molecule has 5 nitrogen and oxygen atoms in total. The Morgan fingerprint density at radius 3 is 2.48 bits per heavy atom. The Kier molecular flexibility index (Phi) is 4.93. The van der Waals surface area contributed by atoms with Gasteiger partial charge in [0.25, 0.3) is 11.5 Å². The van der Waals surface area contributed by atoms with E-state index in [4.69, 9.17) is 0 Å². The van der Waals surface area contributed by atoms with Gasteiger partial charge in [0.05, 0.1) is 6.54 Å². The van der Waals surface area contributed by atoms with Crippen molar-refractivity contribution >= 4 is 16.9 Å². The van der Waals surface area contributed by atoms with E-state index in [1.165, 1.54) is 0 Å². The topological polar surface area (TPSA) is 55.2 Å². The van der Waals surface area contributed by atoms with Crippen molar-refractivity contribution < 1.29 is 4.79 Å². The van der Waals surface area contributed by atoms with E-state index in [0.29, 0.717) is 25.3 Å². The van der Waals surface area contributed by atoms with Crippen LogP contribution in [0.1, 0.15) is 29.8 Å². The molecule has 0 saturated heterocycles. The predicted molar refractivity (Wildman–Crippen MR) is 98.8 cm³/mol. The number of amides is 1. The smallest absolute Gasteiger partial charge is 0.265 e. The molecule has 2 aromatic heterocycles. The minimum atomic E-state index is -0.299. The van der Waals surface area contributed by atoms with Gasteiger partial charge in [0, 0.05) is 24.7 Å². The first-order valence-corrected chi connectivity index (χ1v) is 8.47. The maximum atomic E-state index is 13.0. The number of rotatable bonds is 5. The van der Waals surface area contributed by atoms with Crippen LogP contribution in [0.25, 0.3) is 11.0 Å². The van der Waals surface area contributed by atoms with Gasteiger partial charge in [0.2, 0.25) is 0 Å². The highest BCUT2D eigenvalue weighted by Gasteiger charge is 2.20. The van der Waals surface area contributed by atoms with Gasteiger partial charge in [-0.25, -0.2) is 4.98 Å². The second-order valence-corrected chi connectivity index (χ2v) is 5.83. The lowest BCUT2D eigenvalue weighted by Crippen LogP contribution is -2.37. The Morgan fingerprint density at radius 1 is 1.08 bits per heavy atom. The summed E-state index contributed by atoms with van der Waals surface area (Å²) in [6, 6.07) is 15.1. The van der Waals surface area contributed by atoms with E-state index in [-0.39, 0.29) is 17.0 Å². The maximum absolute atomic E-state index is 13.0. The van der Waals surface area contributed by atoms with Crippen LogP contribution in [-0.4, -0.2) is 33.4 Å². The highest BCUT2D eigenvalue weighted by atomic mass is 16.2. The van der Waals surface area contributed by atoms with Crippen molar-refractivity contribution in [3.63, 3.8) is 0 Å². The van der Waals surface area contributed by atoms with Crippen molar-refractivity contribution in [2.45, 2.75) is 20.4 Å². The molecule has 128 valence electrons. The summed E-state index contributed by atoms with van der Waals surface area (Å²) in [5.74, 6) is -0.234. The lowest BCUT2D eigenvalue weighted by molar-refractivity contribution is 0.0771. The number of carbonyl (C=O) groups is 1. The zero-order valence-corrected chi connectivity index (χ0v) is 14.5. The molecule has 0 saturated carbocycles. The maximum Gasteiger partial charge on any atom is 0.265 e. The van der Waals surface area contributed by atoms with E-state index in [2.05, 4.69) is 4.98 Å². The number of aromatic nitrogens is 2. The molecule has 25 heavy (non-hydrogen) atoms. The van der Waals surface area contributed by atoms with E-state index in [0.717, 1.165) is 10.9 Å². The average molecular weight is 335 g/mol. The van der Waals surface area contributed by atoms with Crippen LogP contribution in [0.2, 0.25) is 0 Å². The summed E-state index contributed by atoms with van der Waals surface area (Å²) in [7, 11) is 0. The summed E-state index contributed by atoms with van der Waals surface area (Å²) >= 11 is 0. The second kappa shape index (κ2) is 7.30. The number of benzene rings is 1. The quantitative estimate of drug-likeness (QED) is 0.720. The highest BCUT2D eigenvalue weighted by Crippen LogP contribution is 2.14. The van der Waals surface area contributed by atoms with Crippen LogP contribution >= 0.6 is 0 Å². The average Bonchev–Trinajstić information content (AvgIpc) is 2.65. The molecule has 1 amide bonds. The molecule has 0 aliphatic heterocycles. The number of fused-ring (bicyclic) bond motifs is 1. The van der Waals surface area contributed by atoms with Gasteiger partial charge in [-0.05, 0) is 37.6 Å². The third-order valence-corrected chi connectivity index (χ3v) is 4.31. The van der Waals surface area contributed by atoms with Gasteiger partial charge >= 0.3 is 0 Å². The SMILES string of the molecule is CCN(CC)C(=O)c1cc2cccnc2n(Cc2ccccc2)c1=O. The predicted octanol–water partition coefficient (Wildman–Crippen LogP) is 2.93. The molecule has 5 heteroatoms. The zero-order chi connectivity index (χ0) is 17.8. The molecule has 3 rings (SSSR count). The van der Waals surface area contributed by atoms with Crippen LogP contribution in [0.5, 0.6) is 0 Å². The van der Waals surface area contributed by atoms with E-state index < -0.39 is 0 Å². The molecule has 0 atom stereocenters. The van der Waals surface area contributed by atoms with E-state index in [1.807, 2.05) is 56.3 Å². The standard InChI is InChI=1S/C20H21N3O2/c1-3-22(4-2)19(24)17-13-16-11-8-12-21-18(16)23(20(17)25)14-15-9-6-5-7-10-15/h5-13H,3-4,14H2,1-2H3. The van der Waals surface area contributed by atoms with E-state index in [9.17, 15) is 9.59 Å². The number of nitrogens with zero attached hydrogens (tertiary/aromatic N) is 3. The molecule has 1 aromatic carbocycles. The third-order valence-electron chi connectivity index (χ3n) is 4.31. The molecule has 2 heterocycles. The van der Waals surface area contributed by atoms with Gasteiger partial charge in [-0.3, -0.25) is 14.2 Å². The van der Waals surface area contributed by atoms with Crippen LogP contribution in [-0.2, 0) is 6.54 Å². The number of hydrogen-bond acceptors (Lipinski definition) is 3. The monoisotopic (exact) mass is 335 g/mol. The zero-order valence-electron chi connectivity index (χ0n) is 14.5. The van der Waals surface area contributed by atoms with Crippen LogP contribution in [0.3, 0.4) is 0 Å². The van der Waals surface area contributed by atoms with Crippen molar-refractivity contribution in [1.29, 1.82) is 0 Å². The summed E-state index contributed by atoms with van der Waals surface area (Å²) in [6.45, 7) is 5.34. The van der Waals surface area contributed by atoms with Crippen molar-refractivity contribution in [3.8, 4) is 0 Å². The number of carbonyl (C=O) groups excluding carboxylic acids is 1. The molecule has 0 unspecified atom stereocenters. The van der Waals surface area contributed by atoms with Gasteiger partial charge in [0.15, 0.2) is 0 Å². The Hall–Kier alpha value is -2.95. The minimum absolute atomic E-state index is 0.195. The van der Waals surface area contributed by atoms with Gasteiger partial charge in [0.1, 0.15) is 11.2 Å². The minimum Gasteiger partial charge on any atom is -0.339 e. The summed E-state index contributed by atoms with van der Waals surface area (Å²) in [6.07, 6.45) is 1.66. The van der Waals surface area contributed by atoms with Crippen LogP contribution in [0, 0.1) is 0 Å². The van der Waals surface area contributed by atoms with E-state index in [1.54, 1.807) is 21.7 Å². The van der Waals surface area contributed by atoms with Gasteiger partial charge < -0.3 is 4.90 Å². The first-order chi connectivity index (χ1) is 12.2. The van der Waals surface area contributed by atoms with E-state index >= 15 is 0 Å². The Labute approximate surface area is 146 Å². The van der Waals surface area contributed by atoms with Crippen LogP contribution in [0.15, 0.2) is 59.5 Å². The molecule has 0 bridgehead atoms. The molecular formula is C20H21N3O2. The van der Waals surface area contributed by atoms with Crippen LogP contribution < -0.4 is 5.56 Å².